The summed E-state index contributed by atoms with van der Waals surface area (Å²) in [6.45, 7) is 3.80. The fourth-order valence-corrected chi connectivity index (χ4v) is 7.81. The molecule has 8 nitrogen and oxygen atoms in total. The van der Waals surface area contributed by atoms with Crippen LogP contribution in [0.15, 0.2) is 59.3 Å². The van der Waals surface area contributed by atoms with Crippen LogP contribution in [0.5, 0.6) is 11.5 Å². The highest BCUT2D eigenvalue weighted by Gasteiger charge is 2.69. The number of hydrogen-bond donors (Lipinski definition) is 3. The number of allylic oxidation sites excluding steroid dienone is 2. The Balaban J connectivity index is 0.00000264. The molecule has 4 heterocycles. The van der Waals surface area contributed by atoms with E-state index in [1.165, 1.54) is 5.57 Å². The number of phenols is 1. The zero-order chi connectivity index (χ0) is 25.5. The van der Waals surface area contributed by atoms with E-state index in [1.54, 1.807) is 24.3 Å². The summed E-state index contributed by atoms with van der Waals surface area (Å²) in [5, 5.41) is 16.9. The molecule has 4 atom stereocenters. The number of amides is 1. The van der Waals surface area contributed by atoms with Crippen molar-refractivity contribution in [3.8, 4) is 11.5 Å². The quantitative estimate of drug-likeness (QED) is 0.172. The van der Waals surface area contributed by atoms with Crippen LogP contribution in [0.2, 0.25) is 0 Å². The van der Waals surface area contributed by atoms with Gasteiger partial charge in [-0.15, -0.1) is 0 Å². The first-order valence-corrected chi connectivity index (χ1v) is 12.8. The lowest BCUT2D eigenvalue weighted by atomic mass is 9.61. The normalized spacial score (nSPS) is 30.8. The largest absolute Gasteiger partial charge is 1.00 e. The highest BCUT2D eigenvalue weighted by atomic mass is 35.5. The van der Waals surface area contributed by atoms with E-state index in [9.17, 15) is 19.5 Å². The molecule has 2 bridgehead atoms. The molecule has 1 aliphatic carbocycles. The number of carbonyl (C=O) groups is 3. The number of rotatable bonds is 4. The smallest absolute Gasteiger partial charge is 0.262 e. The summed E-state index contributed by atoms with van der Waals surface area (Å²) in [7, 11) is 0. The number of anilines is 2. The Morgan fingerprint density at radius 1 is 1.26 bits per heavy atom. The van der Waals surface area contributed by atoms with Gasteiger partial charge in [-0.2, -0.15) is 0 Å². The Kier molecular flexibility index (Phi) is 5.49. The van der Waals surface area contributed by atoms with Crippen molar-refractivity contribution in [3.63, 3.8) is 0 Å². The second-order valence-corrected chi connectivity index (χ2v) is 10.9. The standard InChI is InChI=1S/C29H27N3O5.ClH/c1-2-16-12-32(13-23(35)17-6-7-24-21(10-17)30-26(36)15-37-24)9-8-29-20-4-3-5-22(34)27(20)31-28(29)19(14-33)18(16)11-25(29)32;/h2-7,10,14,18,25H,8-9,11-13,15H2,1H3,(H2-,30,31,33,34,36);1H/b16-2-;/t18-,25?,29+,32?;/m0./s1. The molecule has 0 radical (unpaired) electrons. The second kappa shape index (κ2) is 8.44. The third-order valence-electron chi connectivity index (χ3n) is 9.36. The minimum Gasteiger partial charge on any atom is -1.00 e. The number of aromatic hydroxyl groups is 1. The van der Waals surface area contributed by atoms with Crippen LogP contribution in [-0.4, -0.2) is 59.8 Å². The van der Waals surface area contributed by atoms with Crippen molar-refractivity contribution in [2.75, 3.05) is 36.9 Å². The number of fused-ring (bicyclic) bond motifs is 3. The van der Waals surface area contributed by atoms with Gasteiger partial charge in [-0.3, -0.25) is 14.4 Å². The molecule has 9 heteroatoms. The summed E-state index contributed by atoms with van der Waals surface area (Å²) in [4.78, 5) is 38.1. The molecule has 1 amide bonds. The van der Waals surface area contributed by atoms with E-state index in [2.05, 4.69) is 22.8 Å². The molecular weight excluding hydrogens is 506 g/mol. The zero-order valence-electron chi connectivity index (χ0n) is 20.9. The summed E-state index contributed by atoms with van der Waals surface area (Å²) in [6, 6.07) is 10.9. The molecule has 1 spiro atoms. The van der Waals surface area contributed by atoms with Crippen LogP contribution in [0.1, 0.15) is 35.7 Å². The van der Waals surface area contributed by atoms with Gasteiger partial charge in [-0.05, 0) is 42.3 Å². The van der Waals surface area contributed by atoms with Crippen molar-refractivity contribution in [2.45, 2.75) is 31.2 Å². The molecule has 2 fully saturated rings. The van der Waals surface area contributed by atoms with Crippen LogP contribution in [0.25, 0.3) is 0 Å². The fraction of sp³-hybridized carbons (Fsp3) is 0.345. The average molecular weight is 534 g/mol. The molecule has 2 aromatic rings. The molecule has 2 aromatic carbocycles. The third-order valence-corrected chi connectivity index (χ3v) is 9.36. The summed E-state index contributed by atoms with van der Waals surface area (Å²) in [5.41, 5.74) is 5.20. The van der Waals surface area contributed by atoms with Crippen LogP contribution in [0.4, 0.5) is 11.4 Å². The molecule has 3 N–H and O–H groups in total. The van der Waals surface area contributed by atoms with E-state index in [0.29, 0.717) is 40.3 Å². The number of hydrogen-bond acceptors (Lipinski definition) is 6. The SMILES string of the molecule is C/C=C1/C[N+]2(CC(=O)c3ccc4c(c3)NC(=O)CO4)CC[C@]34C(=C(C=O)[C@H]1CC32)Nc1c(O)cccc14.[Cl-]. The molecular formula is C29H28ClN3O5. The van der Waals surface area contributed by atoms with E-state index in [4.69, 9.17) is 4.74 Å². The van der Waals surface area contributed by atoms with Gasteiger partial charge < -0.3 is 37.4 Å². The maximum Gasteiger partial charge on any atom is 0.262 e. The van der Waals surface area contributed by atoms with E-state index in [-0.39, 0.29) is 48.4 Å². The van der Waals surface area contributed by atoms with E-state index >= 15 is 0 Å². The van der Waals surface area contributed by atoms with Gasteiger partial charge in [0.25, 0.3) is 5.91 Å². The molecule has 2 saturated heterocycles. The third kappa shape index (κ3) is 3.10. The van der Waals surface area contributed by atoms with E-state index in [1.807, 2.05) is 13.0 Å². The van der Waals surface area contributed by atoms with Gasteiger partial charge in [0.15, 0.2) is 6.61 Å². The molecule has 0 aromatic heterocycles. The van der Waals surface area contributed by atoms with Crippen molar-refractivity contribution in [1.29, 1.82) is 0 Å². The Morgan fingerprint density at radius 3 is 2.89 bits per heavy atom. The van der Waals surface area contributed by atoms with Crippen LogP contribution in [-0.2, 0) is 15.0 Å². The lowest BCUT2D eigenvalue weighted by molar-refractivity contribution is -0.934. The number of quaternary nitrogens is 1. The van der Waals surface area contributed by atoms with Gasteiger partial charge in [0, 0.05) is 35.6 Å². The number of phenolic OH excluding ortho intramolecular Hbond substituents is 1. The molecule has 0 saturated carbocycles. The van der Waals surface area contributed by atoms with Crippen molar-refractivity contribution in [3.05, 3.63) is 70.4 Å². The topological polar surface area (TPSA) is 105 Å². The first-order chi connectivity index (χ1) is 17.9. The number of carbonyl (C=O) groups excluding carboxylic acids is 3. The average Bonchev–Trinajstić information content (AvgIpc) is 3.43. The Morgan fingerprint density at radius 2 is 2.11 bits per heavy atom. The fourth-order valence-electron chi connectivity index (χ4n) is 7.81. The predicted octanol–water partition coefficient (Wildman–Crippen LogP) is 0.295. The summed E-state index contributed by atoms with van der Waals surface area (Å²) in [5.74, 6) is 0.539. The number of Topliss-reactive ketones (excluding diaryl/α,β-unsaturated/α-hetero) is 1. The highest BCUT2D eigenvalue weighted by molar-refractivity contribution is 6.01. The van der Waals surface area contributed by atoms with Crippen molar-refractivity contribution in [1.82, 2.24) is 0 Å². The van der Waals surface area contributed by atoms with Gasteiger partial charge >= 0.3 is 0 Å². The number of ether oxygens (including phenoxy) is 1. The van der Waals surface area contributed by atoms with Crippen molar-refractivity contribution >= 4 is 29.4 Å². The minimum atomic E-state index is -0.433. The maximum absolute atomic E-state index is 13.8. The summed E-state index contributed by atoms with van der Waals surface area (Å²) < 4.78 is 6.08. The molecule has 2 unspecified atom stereocenters. The summed E-state index contributed by atoms with van der Waals surface area (Å²) in [6.07, 6.45) is 4.67. The van der Waals surface area contributed by atoms with Crippen molar-refractivity contribution < 1.29 is 41.1 Å². The van der Waals surface area contributed by atoms with Gasteiger partial charge in [0.05, 0.1) is 23.3 Å². The Hall–Kier alpha value is -3.62. The summed E-state index contributed by atoms with van der Waals surface area (Å²) >= 11 is 0. The first kappa shape index (κ1) is 24.7. The lowest BCUT2D eigenvalue weighted by Crippen LogP contribution is -3.00. The van der Waals surface area contributed by atoms with Gasteiger partial charge in [-0.1, -0.05) is 18.2 Å². The van der Waals surface area contributed by atoms with Gasteiger partial charge in [0.1, 0.15) is 36.9 Å². The molecule has 196 valence electrons. The maximum atomic E-state index is 13.8. The number of aldehydes is 1. The lowest BCUT2D eigenvalue weighted by Gasteiger charge is -2.53. The van der Waals surface area contributed by atoms with Crippen LogP contribution in [0, 0.1) is 5.92 Å². The second-order valence-electron chi connectivity index (χ2n) is 10.9. The van der Waals surface area contributed by atoms with E-state index < -0.39 is 5.41 Å². The van der Waals surface area contributed by atoms with Crippen LogP contribution < -0.4 is 27.8 Å². The molecule has 4 aliphatic heterocycles. The Bertz CT molecular complexity index is 1480. The number of para-hydroxylation sites is 1. The van der Waals surface area contributed by atoms with Crippen LogP contribution in [0.3, 0.4) is 0 Å². The number of halogens is 1. The molecule has 7 rings (SSSR count). The van der Waals surface area contributed by atoms with Crippen molar-refractivity contribution in [2.24, 2.45) is 5.92 Å². The minimum absolute atomic E-state index is 0. The number of piperidine rings is 1. The molecule has 5 aliphatic rings. The number of nitrogens with zero attached hydrogens (tertiary/aromatic N) is 1. The van der Waals surface area contributed by atoms with E-state index in [0.717, 1.165) is 42.5 Å². The number of nitrogens with one attached hydrogen (secondary N) is 2. The van der Waals surface area contributed by atoms with Gasteiger partial charge in [0.2, 0.25) is 5.78 Å². The van der Waals surface area contributed by atoms with Gasteiger partial charge in [-0.25, -0.2) is 0 Å². The zero-order valence-corrected chi connectivity index (χ0v) is 21.7. The number of benzene rings is 2. The Labute approximate surface area is 226 Å². The number of ketones is 1. The highest BCUT2D eigenvalue weighted by Crippen LogP contribution is 2.64. The first-order valence-electron chi connectivity index (χ1n) is 12.8. The predicted molar refractivity (Wildman–Crippen MR) is 137 cm³/mol. The monoisotopic (exact) mass is 533 g/mol. The van der Waals surface area contributed by atoms with Crippen LogP contribution >= 0.6 is 0 Å². The molecule has 38 heavy (non-hydrogen) atoms.